The third-order valence-electron chi connectivity index (χ3n) is 6.46. The summed E-state index contributed by atoms with van der Waals surface area (Å²) in [6.45, 7) is 6.16. The molecule has 3 heterocycles. The fourth-order valence-corrected chi connectivity index (χ4v) is 4.72. The Hall–Kier alpha value is -3.49. The van der Waals surface area contributed by atoms with Crippen LogP contribution in [0.25, 0.3) is 11.3 Å². The smallest absolute Gasteiger partial charge is 0.306 e. The highest BCUT2D eigenvalue weighted by molar-refractivity contribution is 5.70. The number of pyridine rings is 2. The lowest BCUT2D eigenvalue weighted by molar-refractivity contribution is -0.156. The monoisotopic (exact) mass is 529 g/mol. The molecular weight excluding hydrogens is 498 g/mol. The Morgan fingerprint density at radius 3 is 2.50 bits per heavy atom. The lowest BCUT2D eigenvalue weighted by Gasteiger charge is -2.37. The van der Waals surface area contributed by atoms with Gasteiger partial charge < -0.3 is 9.64 Å². The van der Waals surface area contributed by atoms with E-state index in [1.54, 1.807) is 33.2 Å². The molecule has 0 aliphatic carbocycles. The summed E-state index contributed by atoms with van der Waals surface area (Å²) in [4.78, 5) is 22.8. The molecule has 38 heavy (non-hydrogen) atoms. The fraction of sp³-hybridized carbons (Fsp3) is 0.414. The van der Waals surface area contributed by atoms with E-state index < -0.39 is 46.7 Å². The SMILES string of the molecule is CC(C)(C)OC(=O)C[C@@H]1CN(c2ccncc2CCc2ccc(F)c(-c3c(F)cccc3F)n2)CC[C@H]1F. The zero-order valence-electron chi connectivity index (χ0n) is 21.7. The minimum Gasteiger partial charge on any atom is -0.460 e. The van der Waals surface area contributed by atoms with Crippen LogP contribution in [0.1, 0.15) is 44.9 Å². The first-order valence-electron chi connectivity index (χ1n) is 12.7. The molecule has 1 fully saturated rings. The molecule has 1 aliphatic heterocycles. The van der Waals surface area contributed by atoms with Crippen molar-refractivity contribution in [1.82, 2.24) is 9.97 Å². The molecule has 2 aromatic heterocycles. The zero-order chi connectivity index (χ0) is 27.4. The lowest BCUT2D eigenvalue weighted by Crippen LogP contribution is -2.43. The first-order valence-corrected chi connectivity index (χ1v) is 12.7. The van der Waals surface area contributed by atoms with Crippen molar-refractivity contribution >= 4 is 11.7 Å². The molecule has 0 saturated carbocycles. The van der Waals surface area contributed by atoms with Crippen molar-refractivity contribution in [2.24, 2.45) is 5.92 Å². The highest BCUT2D eigenvalue weighted by Gasteiger charge is 2.33. The van der Waals surface area contributed by atoms with Gasteiger partial charge in [0.1, 0.15) is 34.9 Å². The average Bonchev–Trinajstić information content (AvgIpc) is 2.84. The number of halogens is 4. The molecule has 0 N–H and O–H groups in total. The number of piperidine rings is 1. The molecule has 0 radical (unpaired) electrons. The van der Waals surface area contributed by atoms with Gasteiger partial charge in [0.05, 0.1) is 12.0 Å². The summed E-state index contributed by atoms with van der Waals surface area (Å²) < 4.78 is 63.1. The summed E-state index contributed by atoms with van der Waals surface area (Å²) in [6.07, 6.45) is 3.36. The number of alkyl halides is 1. The molecule has 202 valence electrons. The van der Waals surface area contributed by atoms with Gasteiger partial charge in [0.25, 0.3) is 0 Å². The van der Waals surface area contributed by atoms with Gasteiger partial charge in [0.15, 0.2) is 0 Å². The standard InChI is InChI=1S/C29H31F4N3O2/c1-29(2,3)38-26(37)15-19-17-36(14-12-21(19)30)25-11-13-34-16-18(25)7-8-20-9-10-24(33)28(35-20)27-22(31)5-4-6-23(27)32/h4-6,9-11,13,16,19,21H,7-8,12,14-15,17H2,1-3H3/t19-,21-/m1/s1. The Morgan fingerprint density at radius 2 is 1.79 bits per heavy atom. The van der Waals surface area contributed by atoms with E-state index in [1.165, 1.54) is 12.1 Å². The first-order chi connectivity index (χ1) is 18.0. The number of carbonyl (C=O) groups is 1. The predicted octanol–water partition coefficient (Wildman–Crippen LogP) is 6.24. The van der Waals surface area contributed by atoms with Crippen LogP contribution in [0.15, 0.2) is 48.8 Å². The highest BCUT2D eigenvalue weighted by Crippen LogP contribution is 2.31. The fourth-order valence-electron chi connectivity index (χ4n) is 4.72. The van der Waals surface area contributed by atoms with Crippen molar-refractivity contribution in [2.75, 3.05) is 18.0 Å². The van der Waals surface area contributed by atoms with Gasteiger partial charge in [-0.25, -0.2) is 22.5 Å². The normalized spacial score (nSPS) is 17.9. The molecule has 0 bridgehead atoms. The molecule has 1 aromatic carbocycles. The summed E-state index contributed by atoms with van der Waals surface area (Å²) in [5, 5.41) is 0. The van der Waals surface area contributed by atoms with E-state index >= 15 is 0 Å². The first kappa shape index (κ1) is 27.5. The molecule has 0 unspecified atom stereocenters. The van der Waals surface area contributed by atoms with Crippen LogP contribution in [0.4, 0.5) is 23.2 Å². The molecule has 4 rings (SSSR count). The maximum absolute atomic E-state index is 14.7. The van der Waals surface area contributed by atoms with Gasteiger partial charge in [-0.15, -0.1) is 0 Å². The van der Waals surface area contributed by atoms with Crippen LogP contribution >= 0.6 is 0 Å². The highest BCUT2D eigenvalue weighted by atomic mass is 19.1. The minimum absolute atomic E-state index is 0.00969. The third-order valence-corrected chi connectivity index (χ3v) is 6.46. The largest absolute Gasteiger partial charge is 0.460 e. The van der Waals surface area contributed by atoms with Crippen LogP contribution in [-0.2, 0) is 22.4 Å². The van der Waals surface area contributed by atoms with E-state index in [-0.39, 0.29) is 18.5 Å². The van der Waals surface area contributed by atoms with Crippen LogP contribution < -0.4 is 4.90 Å². The van der Waals surface area contributed by atoms with Crippen molar-refractivity contribution in [3.8, 4) is 11.3 Å². The van der Waals surface area contributed by atoms with Crippen LogP contribution in [0, 0.1) is 23.4 Å². The average molecular weight is 530 g/mol. The maximum Gasteiger partial charge on any atom is 0.306 e. The molecule has 3 aromatic rings. The molecule has 1 aliphatic rings. The third kappa shape index (κ3) is 6.68. The number of carbonyl (C=O) groups excluding carboxylic acids is 1. The number of aryl methyl sites for hydroxylation is 2. The number of ether oxygens (including phenoxy) is 1. The zero-order valence-corrected chi connectivity index (χ0v) is 21.7. The van der Waals surface area contributed by atoms with Gasteiger partial charge in [-0.05, 0) is 75.9 Å². The number of anilines is 1. The van der Waals surface area contributed by atoms with E-state index in [2.05, 4.69) is 9.97 Å². The summed E-state index contributed by atoms with van der Waals surface area (Å²) in [5.41, 5.74) is 0.679. The second-order valence-electron chi connectivity index (χ2n) is 10.5. The Kier molecular flexibility index (Phi) is 8.33. The molecule has 2 atom stereocenters. The topological polar surface area (TPSA) is 55.3 Å². The molecule has 1 saturated heterocycles. The number of benzene rings is 1. The number of esters is 1. The molecule has 9 heteroatoms. The Morgan fingerprint density at radius 1 is 1.05 bits per heavy atom. The molecule has 0 spiro atoms. The van der Waals surface area contributed by atoms with Gasteiger partial charge in [0, 0.05) is 42.8 Å². The van der Waals surface area contributed by atoms with Gasteiger partial charge in [-0.2, -0.15) is 0 Å². The molecule has 0 amide bonds. The molecule has 5 nitrogen and oxygen atoms in total. The number of hydrogen-bond acceptors (Lipinski definition) is 5. The Bertz CT molecular complexity index is 1270. The number of nitrogens with zero attached hydrogens (tertiary/aromatic N) is 3. The van der Waals surface area contributed by atoms with Crippen LogP contribution in [0.2, 0.25) is 0 Å². The minimum atomic E-state index is -1.11. The maximum atomic E-state index is 14.7. The summed E-state index contributed by atoms with van der Waals surface area (Å²) in [5.74, 6) is -3.52. The van der Waals surface area contributed by atoms with Gasteiger partial charge in [-0.1, -0.05) is 6.07 Å². The van der Waals surface area contributed by atoms with E-state index in [1.807, 2.05) is 11.0 Å². The van der Waals surface area contributed by atoms with Crippen LogP contribution in [-0.4, -0.2) is 40.8 Å². The number of aromatic nitrogens is 2. The van der Waals surface area contributed by atoms with E-state index in [9.17, 15) is 22.4 Å². The van der Waals surface area contributed by atoms with Crippen LogP contribution in [0.5, 0.6) is 0 Å². The second-order valence-corrected chi connectivity index (χ2v) is 10.5. The number of hydrogen-bond donors (Lipinski definition) is 0. The summed E-state index contributed by atoms with van der Waals surface area (Å²) in [6, 6.07) is 7.82. The lowest BCUT2D eigenvalue weighted by atomic mass is 9.92. The predicted molar refractivity (Wildman–Crippen MR) is 137 cm³/mol. The number of rotatable bonds is 7. The quantitative estimate of drug-likeness (QED) is 0.268. The summed E-state index contributed by atoms with van der Waals surface area (Å²) in [7, 11) is 0. The van der Waals surface area contributed by atoms with Crippen molar-refractivity contribution < 1.29 is 27.1 Å². The van der Waals surface area contributed by atoms with Crippen molar-refractivity contribution in [1.29, 1.82) is 0 Å². The van der Waals surface area contributed by atoms with Crippen molar-refractivity contribution in [3.63, 3.8) is 0 Å². The van der Waals surface area contributed by atoms with E-state index in [0.29, 0.717) is 31.6 Å². The van der Waals surface area contributed by atoms with Gasteiger partial charge in [-0.3, -0.25) is 9.78 Å². The molecular formula is C29H31F4N3O2. The van der Waals surface area contributed by atoms with Gasteiger partial charge >= 0.3 is 5.97 Å². The Balaban J connectivity index is 1.49. The van der Waals surface area contributed by atoms with Crippen molar-refractivity contribution in [2.45, 2.75) is 58.2 Å². The Labute approximate surface area is 219 Å². The van der Waals surface area contributed by atoms with E-state index in [0.717, 1.165) is 29.4 Å². The second kappa shape index (κ2) is 11.5. The van der Waals surface area contributed by atoms with Crippen LogP contribution in [0.3, 0.4) is 0 Å². The van der Waals surface area contributed by atoms with Gasteiger partial charge in [0.2, 0.25) is 0 Å². The van der Waals surface area contributed by atoms with Crippen molar-refractivity contribution in [3.05, 3.63) is 77.5 Å². The summed E-state index contributed by atoms with van der Waals surface area (Å²) >= 11 is 0. The van der Waals surface area contributed by atoms with E-state index in [4.69, 9.17) is 4.74 Å².